The number of fused-ring (bicyclic) bond motifs is 1. The smallest absolute Gasteiger partial charge is 0.0483 e. The van der Waals surface area contributed by atoms with Crippen LogP contribution in [0.1, 0.15) is 10.4 Å². The molecule has 2 nitrogen and oxygen atoms in total. The van der Waals surface area contributed by atoms with Crippen molar-refractivity contribution in [2.75, 3.05) is 6.54 Å². The van der Waals surface area contributed by atoms with Crippen LogP contribution in [0.5, 0.6) is 0 Å². The van der Waals surface area contributed by atoms with Gasteiger partial charge in [-0.2, -0.15) is 0 Å². The fourth-order valence-corrected chi connectivity index (χ4v) is 3.89. The highest BCUT2D eigenvalue weighted by Gasteiger charge is 2.04. The number of hydrogen-bond acceptors (Lipinski definition) is 2. The van der Waals surface area contributed by atoms with Crippen LogP contribution in [0.4, 0.5) is 0 Å². The molecule has 0 atom stereocenters. The second-order valence-electron chi connectivity index (χ2n) is 4.93. The Balaban J connectivity index is 1.60. The molecule has 2 heterocycles. The van der Waals surface area contributed by atoms with Gasteiger partial charge in [0, 0.05) is 51.5 Å². The third kappa shape index (κ3) is 2.97. The van der Waals surface area contributed by atoms with Crippen LogP contribution in [0.2, 0.25) is 0 Å². The van der Waals surface area contributed by atoms with Gasteiger partial charge in [0.1, 0.15) is 0 Å². The lowest BCUT2D eigenvalue weighted by atomic mass is 10.2. The van der Waals surface area contributed by atoms with Crippen LogP contribution in [0.15, 0.2) is 46.4 Å². The first-order valence-corrected chi connectivity index (χ1v) is 8.39. The number of para-hydroxylation sites is 1. The summed E-state index contributed by atoms with van der Waals surface area (Å²) in [6.45, 7) is 5.10. The number of halogens is 1. The molecule has 0 aliphatic rings. The van der Waals surface area contributed by atoms with Crippen molar-refractivity contribution in [1.29, 1.82) is 0 Å². The van der Waals surface area contributed by atoms with E-state index < -0.39 is 0 Å². The highest BCUT2D eigenvalue weighted by Crippen LogP contribution is 2.20. The minimum Gasteiger partial charge on any atom is -0.346 e. The zero-order valence-electron chi connectivity index (χ0n) is 11.4. The van der Waals surface area contributed by atoms with Crippen LogP contribution < -0.4 is 5.32 Å². The Morgan fingerprint density at radius 1 is 1.30 bits per heavy atom. The standard InChI is InChI=1S/C16H17BrN2S/c1-12-10-19(16-5-3-2-4-15(12)16)7-6-18-9-14-8-13(17)11-20-14/h2-5,8,10-11,18H,6-7,9H2,1H3. The maximum absolute atomic E-state index is 3.51. The summed E-state index contributed by atoms with van der Waals surface area (Å²) in [7, 11) is 0. The molecule has 0 fully saturated rings. The molecule has 1 N–H and O–H groups in total. The molecule has 0 aliphatic carbocycles. The molecule has 0 radical (unpaired) electrons. The molecule has 0 spiro atoms. The Hall–Kier alpha value is -1.10. The maximum atomic E-state index is 3.51. The normalized spacial score (nSPS) is 11.3. The van der Waals surface area contributed by atoms with Gasteiger partial charge in [-0.1, -0.05) is 18.2 Å². The van der Waals surface area contributed by atoms with Crippen LogP contribution >= 0.6 is 27.3 Å². The van der Waals surface area contributed by atoms with E-state index in [1.54, 1.807) is 11.3 Å². The van der Waals surface area contributed by atoms with Crippen molar-refractivity contribution in [3.8, 4) is 0 Å². The Morgan fingerprint density at radius 3 is 2.95 bits per heavy atom. The lowest BCUT2D eigenvalue weighted by Gasteiger charge is -2.06. The summed E-state index contributed by atoms with van der Waals surface area (Å²) >= 11 is 5.27. The maximum Gasteiger partial charge on any atom is 0.0483 e. The molecular formula is C16H17BrN2S. The zero-order chi connectivity index (χ0) is 13.9. The van der Waals surface area contributed by atoms with Gasteiger partial charge in [-0.05, 0) is 40.5 Å². The highest BCUT2D eigenvalue weighted by molar-refractivity contribution is 9.10. The number of nitrogens with zero attached hydrogens (tertiary/aromatic N) is 1. The second kappa shape index (κ2) is 6.12. The van der Waals surface area contributed by atoms with E-state index >= 15 is 0 Å². The average Bonchev–Trinajstić information content (AvgIpc) is 3.00. The van der Waals surface area contributed by atoms with E-state index in [1.807, 2.05) is 0 Å². The Labute approximate surface area is 131 Å². The summed E-state index contributed by atoms with van der Waals surface area (Å²) in [4.78, 5) is 1.37. The fourth-order valence-electron chi connectivity index (χ4n) is 2.47. The Kier molecular flexibility index (Phi) is 4.24. The highest BCUT2D eigenvalue weighted by atomic mass is 79.9. The third-order valence-corrected chi connectivity index (χ3v) is 5.14. The predicted molar refractivity (Wildman–Crippen MR) is 90.4 cm³/mol. The lowest BCUT2D eigenvalue weighted by molar-refractivity contribution is 0.612. The first-order chi connectivity index (χ1) is 9.74. The fraction of sp³-hybridized carbons (Fsp3) is 0.250. The predicted octanol–water partition coefficient (Wildman–Crippen LogP) is 4.56. The first-order valence-electron chi connectivity index (χ1n) is 6.72. The quantitative estimate of drug-likeness (QED) is 0.668. The molecule has 4 heteroatoms. The van der Waals surface area contributed by atoms with E-state index in [2.05, 4.69) is 74.6 Å². The van der Waals surface area contributed by atoms with Crippen molar-refractivity contribution in [1.82, 2.24) is 9.88 Å². The molecule has 0 aliphatic heterocycles. The van der Waals surface area contributed by atoms with Crippen LogP contribution in [0.3, 0.4) is 0 Å². The Bertz CT molecular complexity index is 714. The zero-order valence-corrected chi connectivity index (χ0v) is 13.8. The molecule has 2 aromatic heterocycles. The summed E-state index contributed by atoms with van der Waals surface area (Å²) in [6, 6.07) is 10.8. The van der Waals surface area contributed by atoms with Crippen LogP contribution in [0, 0.1) is 6.92 Å². The van der Waals surface area contributed by atoms with Crippen molar-refractivity contribution >= 4 is 38.2 Å². The van der Waals surface area contributed by atoms with Gasteiger partial charge in [0.15, 0.2) is 0 Å². The van der Waals surface area contributed by atoms with E-state index in [-0.39, 0.29) is 0 Å². The second-order valence-corrected chi connectivity index (χ2v) is 6.84. The van der Waals surface area contributed by atoms with Gasteiger partial charge in [0.2, 0.25) is 0 Å². The largest absolute Gasteiger partial charge is 0.346 e. The van der Waals surface area contributed by atoms with E-state index in [0.29, 0.717) is 0 Å². The van der Waals surface area contributed by atoms with E-state index in [1.165, 1.54) is 25.8 Å². The number of nitrogens with one attached hydrogen (secondary N) is 1. The summed E-state index contributed by atoms with van der Waals surface area (Å²) in [5.74, 6) is 0. The van der Waals surface area contributed by atoms with Crippen molar-refractivity contribution in [3.63, 3.8) is 0 Å². The third-order valence-electron chi connectivity index (χ3n) is 3.44. The SMILES string of the molecule is Cc1cn(CCNCc2cc(Br)cs2)c2ccccc12. The van der Waals surface area contributed by atoms with Gasteiger partial charge in [-0.25, -0.2) is 0 Å². The van der Waals surface area contributed by atoms with Crippen LogP contribution in [-0.2, 0) is 13.1 Å². The molecular weight excluding hydrogens is 332 g/mol. The molecule has 104 valence electrons. The summed E-state index contributed by atoms with van der Waals surface area (Å²) < 4.78 is 3.51. The van der Waals surface area contributed by atoms with E-state index in [4.69, 9.17) is 0 Å². The number of aryl methyl sites for hydroxylation is 1. The first kappa shape index (κ1) is 13.9. The van der Waals surface area contributed by atoms with Gasteiger partial charge in [-0.3, -0.25) is 0 Å². The molecule has 3 aromatic rings. The lowest BCUT2D eigenvalue weighted by Crippen LogP contribution is -2.18. The number of rotatable bonds is 5. The topological polar surface area (TPSA) is 17.0 Å². The minimum absolute atomic E-state index is 0.939. The minimum atomic E-state index is 0.939. The van der Waals surface area contributed by atoms with Gasteiger partial charge in [-0.15, -0.1) is 11.3 Å². The van der Waals surface area contributed by atoms with Gasteiger partial charge in [0.05, 0.1) is 0 Å². The molecule has 1 aromatic carbocycles. The molecule has 0 bridgehead atoms. The van der Waals surface area contributed by atoms with Crippen molar-refractivity contribution in [2.24, 2.45) is 0 Å². The monoisotopic (exact) mass is 348 g/mol. The number of hydrogen-bond donors (Lipinski definition) is 1. The molecule has 0 amide bonds. The number of benzene rings is 1. The van der Waals surface area contributed by atoms with Crippen molar-refractivity contribution in [2.45, 2.75) is 20.0 Å². The van der Waals surface area contributed by atoms with Crippen molar-refractivity contribution < 1.29 is 0 Å². The number of aromatic nitrogens is 1. The summed E-state index contributed by atoms with van der Waals surface area (Å²) in [5.41, 5.74) is 2.67. The Morgan fingerprint density at radius 2 is 2.15 bits per heavy atom. The molecule has 0 unspecified atom stereocenters. The van der Waals surface area contributed by atoms with Gasteiger partial charge < -0.3 is 9.88 Å². The summed E-state index contributed by atoms with van der Waals surface area (Å²) in [5, 5.41) is 6.99. The molecule has 20 heavy (non-hydrogen) atoms. The van der Waals surface area contributed by atoms with Gasteiger partial charge >= 0.3 is 0 Å². The van der Waals surface area contributed by atoms with E-state index in [9.17, 15) is 0 Å². The summed E-state index contributed by atoms with van der Waals surface area (Å²) in [6.07, 6.45) is 2.24. The molecule has 0 saturated heterocycles. The molecule has 3 rings (SSSR count). The molecule has 0 saturated carbocycles. The number of thiophene rings is 1. The van der Waals surface area contributed by atoms with Crippen LogP contribution in [0.25, 0.3) is 10.9 Å². The average molecular weight is 349 g/mol. The van der Waals surface area contributed by atoms with Crippen LogP contribution in [-0.4, -0.2) is 11.1 Å². The van der Waals surface area contributed by atoms with E-state index in [0.717, 1.165) is 19.6 Å². The van der Waals surface area contributed by atoms with Gasteiger partial charge in [0.25, 0.3) is 0 Å². The van der Waals surface area contributed by atoms with Crippen molar-refractivity contribution in [3.05, 3.63) is 56.8 Å².